The first-order valence-corrected chi connectivity index (χ1v) is 6.20. The molecule has 0 aromatic rings. The molecule has 0 radical (unpaired) electrons. The first kappa shape index (κ1) is 13.5. The molecule has 4 nitrogen and oxygen atoms in total. The fourth-order valence-electron chi connectivity index (χ4n) is 3.11. The van der Waals surface area contributed by atoms with Crippen LogP contribution in [0.25, 0.3) is 0 Å². The number of hydrogen-bond acceptors (Lipinski definition) is 3. The van der Waals surface area contributed by atoms with E-state index in [1.54, 1.807) is 0 Å². The number of nitrogens with one attached hydrogen (secondary N) is 1. The SMILES string of the molecule is CN.CNCC1CC2(CCN(C=O)CC2)C1. The van der Waals surface area contributed by atoms with E-state index in [-0.39, 0.29) is 0 Å². The molecule has 1 heterocycles. The fraction of sp³-hybridized carbons (Fsp3) is 0.917. The van der Waals surface area contributed by atoms with Gasteiger partial charge in [-0.1, -0.05) is 0 Å². The molecule has 0 unspecified atom stereocenters. The van der Waals surface area contributed by atoms with Gasteiger partial charge in [-0.15, -0.1) is 0 Å². The topological polar surface area (TPSA) is 58.4 Å². The minimum atomic E-state index is 0.612. The van der Waals surface area contributed by atoms with Gasteiger partial charge in [0.2, 0.25) is 6.41 Å². The Bertz CT molecular complexity index is 204. The number of likely N-dealkylation sites (tertiary alicyclic amines) is 1. The van der Waals surface area contributed by atoms with Crippen LogP contribution in [0.3, 0.4) is 0 Å². The number of piperidine rings is 1. The van der Waals surface area contributed by atoms with Gasteiger partial charge in [0.1, 0.15) is 0 Å². The van der Waals surface area contributed by atoms with Crippen molar-refractivity contribution in [3.63, 3.8) is 0 Å². The van der Waals surface area contributed by atoms with E-state index in [4.69, 9.17) is 0 Å². The summed E-state index contributed by atoms with van der Waals surface area (Å²) in [6, 6.07) is 0. The van der Waals surface area contributed by atoms with Crippen molar-refractivity contribution < 1.29 is 4.79 Å². The summed E-state index contributed by atoms with van der Waals surface area (Å²) in [6.07, 6.45) is 6.20. The zero-order valence-electron chi connectivity index (χ0n) is 10.5. The summed E-state index contributed by atoms with van der Waals surface area (Å²) in [5.74, 6) is 0.891. The van der Waals surface area contributed by atoms with Crippen molar-refractivity contribution in [2.45, 2.75) is 25.7 Å². The molecular weight excluding hydrogens is 202 g/mol. The van der Waals surface area contributed by atoms with Crippen LogP contribution in [0.15, 0.2) is 0 Å². The molecule has 4 heteroatoms. The maximum absolute atomic E-state index is 10.6. The lowest BCUT2D eigenvalue weighted by Crippen LogP contribution is -2.48. The van der Waals surface area contributed by atoms with E-state index in [9.17, 15) is 4.79 Å². The van der Waals surface area contributed by atoms with Gasteiger partial charge in [-0.3, -0.25) is 4.79 Å². The molecular formula is C12H25N3O. The monoisotopic (exact) mass is 227 g/mol. The lowest BCUT2D eigenvalue weighted by atomic mass is 9.57. The Morgan fingerprint density at radius 3 is 2.38 bits per heavy atom. The Balaban J connectivity index is 0.000000606. The Hall–Kier alpha value is -0.610. The van der Waals surface area contributed by atoms with Crippen LogP contribution in [-0.4, -0.2) is 45.0 Å². The van der Waals surface area contributed by atoms with Crippen LogP contribution in [0.2, 0.25) is 0 Å². The van der Waals surface area contributed by atoms with E-state index >= 15 is 0 Å². The fourth-order valence-corrected chi connectivity index (χ4v) is 3.11. The second-order valence-corrected chi connectivity index (χ2v) is 4.97. The second-order valence-electron chi connectivity index (χ2n) is 4.97. The van der Waals surface area contributed by atoms with Gasteiger partial charge < -0.3 is 16.0 Å². The number of amides is 1. The van der Waals surface area contributed by atoms with E-state index in [0.717, 1.165) is 25.4 Å². The van der Waals surface area contributed by atoms with Crippen molar-refractivity contribution >= 4 is 6.41 Å². The first-order chi connectivity index (χ1) is 7.78. The Morgan fingerprint density at radius 1 is 1.38 bits per heavy atom. The van der Waals surface area contributed by atoms with Crippen LogP contribution >= 0.6 is 0 Å². The van der Waals surface area contributed by atoms with E-state index < -0.39 is 0 Å². The summed E-state index contributed by atoms with van der Waals surface area (Å²) in [4.78, 5) is 12.5. The van der Waals surface area contributed by atoms with Crippen LogP contribution in [0.4, 0.5) is 0 Å². The third kappa shape index (κ3) is 2.95. The number of nitrogens with two attached hydrogens (primary N) is 1. The maximum atomic E-state index is 10.6. The molecule has 1 aliphatic heterocycles. The molecule has 16 heavy (non-hydrogen) atoms. The third-order valence-electron chi connectivity index (χ3n) is 3.94. The van der Waals surface area contributed by atoms with Gasteiger partial charge in [-0.2, -0.15) is 0 Å². The molecule has 0 bridgehead atoms. The van der Waals surface area contributed by atoms with Gasteiger partial charge >= 0.3 is 0 Å². The van der Waals surface area contributed by atoms with E-state index in [1.165, 1.54) is 39.3 Å². The van der Waals surface area contributed by atoms with Crippen LogP contribution in [0.5, 0.6) is 0 Å². The highest BCUT2D eigenvalue weighted by Gasteiger charge is 2.44. The summed E-state index contributed by atoms with van der Waals surface area (Å²) in [7, 11) is 3.53. The molecule has 3 N–H and O–H groups in total. The van der Waals surface area contributed by atoms with Crippen molar-refractivity contribution in [3.05, 3.63) is 0 Å². The van der Waals surface area contributed by atoms with Gasteiger partial charge in [0.25, 0.3) is 0 Å². The number of hydrogen-bond donors (Lipinski definition) is 2. The summed E-state index contributed by atoms with van der Waals surface area (Å²) in [5.41, 5.74) is 5.11. The van der Waals surface area contributed by atoms with Crippen molar-refractivity contribution in [3.8, 4) is 0 Å². The minimum Gasteiger partial charge on any atom is -0.345 e. The predicted octanol–water partition coefficient (Wildman–Crippen LogP) is 0.429. The molecule has 1 saturated carbocycles. The average molecular weight is 227 g/mol. The van der Waals surface area contributed by atoms with Gasteiger partial charge in [-0.05, 0) is 57.7 Å². The first-order valence-electron chi connectivity index (χ1n) is 6.20. The van der Waals surface area contributed by atoms with Crippen LogP contribution < -0.4 is 11.1 Å². The number of nitrogens with zero attached hydrogens (tertiary/aromatic N) is 1. The molecule has 94 valence electrons. The maximum Gasteiger partial charge on any atom is 0.209 e. The van der Waals surface area contributed by atoms with Gasteiger partial charge in [-0.25, -0.2) is 0 Å². The molecule has 2 fully saturated rings. The largest absolute Gasteiger partial charge is 0.345 e. The molecule has 1 amide bonds. The van der Waals surface area contributed by atoms with Crippen LogP contribution in [0, 0.1) is 11.3 Å². The number of carbonyl (C=O) groups excluding carboxylic acids is 1. The zero-order chi connectivity index (χ0) is 12.0. The highest BCUT2D eigenvalue weighted by Crippen LogP contribution is 2.52. The van der Waals surface area contributed by atoms with E-state index in [1.807, 2.05) is 11.9 Å². The van der Waals surface area contributed by atoms with Crippen LogP contribution in [0.1, 0.15) is 25.7 Å². The number of carbonyl (C=O) groups is 1. The molecule has 1 saturated heterocycles. The van der Waals surface area contributed by atoms with Crippen molar-refractivity contribution in [1.29, 1.82) is 0 Å². The Kier molecular flexibility index (Phi) is 5.22. The van der Waals surface area contributed by atoms with E-state index in [0.29, 0.717) is 5.41 Å². The van der Waals surface area contributed by atoms with Crippen molar-refractivity contribution in [2.24, 2.45) is 17.1 Å². The average Bonchev–Trinajstić information content (AvgIpc) is 2.31. The molecule has 0 aromatic carbocycles. The van der Waals surface area contributed by atoms with Crippen molar-refractivity contribution in [1.82, 2.24) is 10.2 Å². The lowest BCUT2D eigenvalue weighted by Gasteiger charge is -2.52. The van der Waals surface area contributed by atoms with Crippen molar-refractivity contribution in [2.75, 3.05) is 33.7 Å². The summed E-state index contributed by atoms with van der Waals surface area (Å²) in [6.45, 7) is 3.13. The lowest BCUT2D eigenvalue weighted by molar-refractivity contribution is -0.122. The molecule has 1 aliphatic carbocycles. The zero-order valence-corrected chi connectivity index (χ0v) is 10.5. The molecule has 0 atom stereocenters. The number of rotatable bonds is 3. The predicted molar refractivity (Wildman–Crippen MR) is 66.1 cm³/mol. The minimum absolute atomic E-state index is 0.612. The summed E-state index contributed by atoms with van der Waals surface area (Å²) >= 11 is 0. The Labute approximate surface area is 98.6 Å². The van der Waals surface area contributed by atoms with Gasteiger partial charge in [0.15, 0.2) is 0 Å². The molecule has 0 aromatic heterocycles. The second kappa shape index (κ2) is 6.21. The van der Waals surface area contributed by atoms with Gasteiger partial charge in [0.05, 0.1) is 0 Å². The van der Waals surface area contributed by atoms with Gasteiger partial charge in [0, 0.05) is 13.1 Å². The highest BCUT2D eigenvalue weighted by molar-refractivity contribution is 5.47. The molecule has 1 spiro atoms. The quantitative estimate of drug-likeness (QED) is 0.687. The summed E-state index contributed by atoms with van der Waals surface area (Å²) in [5, 5.41) is 3.24. The highest BCUT2D eigenvalue weighted by atomic mass is 16.1. The summed E-state index contributed by atoms with van der Waals surface area (Å²) < 4.78 is 0. The van der Waals surface area contributed by atoms with E-state index in [2.05, 4.69) is 11.1 Å². The smallest absolute Gasteiger partial charge is 0.209 e. The Morgan fingerprint density at radius 2 is 1.94 bits per heavy atom. The normalized spacial score (nSPS) is 23.3. The molecule has 2 rings (SSSR count). The third-order valence-corrected chi connectivity index (χ3v) is 3.94. The van der Waals surface area contributed by atoms with Crippen LogP contribution in [-0.2, 0) is 4.79 Å². The molecule has 2 aliphatic rings. The standard InChI is InChI=1S/C11H20N2O.CH5N/c1-12-8-10-6-11(7-10)2-4-13(9-14)5-3-11;1-2/h9-10,12H,2-8H2,1H3;2H2,1H3.